The van der Waals surface area contributed by atoms with Gasteiger partial charge in [0.2, 0.25) is 0 Å². The van der Waals surface area contributed by atoms with Gasteiger partial charge in [-0.1, -0.05) is 11.6 Å². The van der Waals surface area contributed by atoms with Crippen LogP contribution in [-0.2, 0) is 4.74 Å². The zero-order valence-electron chi connectivity index (χ0n) is 14.7. The van der Waals surface area contributed by atoms with Gasteiger partial charge in [-0.15, -0.1) is 0 Å². The number of hydrogen-bond acceptors (Lipinski definition) is 6. The molecule has 0 saturated carbocycles. The highest BCUT2D eigenvalue weighted by Gasteiger charge is 2.20. The van der Waals surface area contributed by atoms with Crippen LogP contribution in [0.3, 0.4) is 0 Å². The lowest BCUT2D eigenvalue weighted by Gasteiger charge is -2.15. The molecule has 0 aliphatic carbocycles. The second kappa shape index (κ2) is 8.44. The molecule has 7 nitrogen and oxygen atoms in total. The fourth-order valence-corrected chi connectivity index (χ4v) is 2.52. The number of hydrogen-bond donors (Lipinski definition) is 1. The maximum Gasteiger partial charge on any atom is 0.340 e. The van der Waals surface area contributed by atoms with E-state index in [1.54, 1.807) is 12.1 Å². The summed E-state index contributed by atoms with van der Waals surface area (Å²) in [5.74, 6) is 0.0344. The van der Waals surface area contributed by atoms with Crippen LogP contribution in [0.5, 0.6) is 17.2 Å². The first-order valence-electron chi connectivity index (χ1n) is 7.44. The van der Waals surface area contributed by atoms with Gasteiger partial charge >= 0.3 is 5.97 Å². The Balaban J connectivity index is 2.42. The summed E-state index contributed by atoms with van der Waals surface area (Å²) in [5.41, 5.74) is 0.631. The Morgan fingerprint density at radius 3 is 2.04 bits per heavy atom. The van der Waals surface area contributed by atoms with Crippen LogP contribution in [-0.4, -0.2) is 40.3 Å². The third kappa shape index (κ3) is 4.00. The molecular weight excluding hydrogens is 362 g/mol. The van der Waals surface area contributed by atoms with E-state index in [0.717, 1.165) is 0 Å². The number of rotatable bonds is 6. The molecule has 2 aromatic carbocycles. The average Bonchev–Trinajstić information content (AvgIpc) is 2.66. The minimum absolute atomic E-state index is 0.123. The first-order chi connectivity index (χ1) is 12.4. The van der Waals surface area contributed by atoms with E-state index in [-0.39, 0.29) is 11.3 Å². The Hall–Kier alpha value is -2.93. The number of benzene rings is 2. The predicted molar refractivity (Wildman–Crippen MR) is 96.8 cm³/mol. The molecule has 0 aliphatic heterocycles. The number of esters is 1. The second-order valence-corrected chi connectivity index (χ2v) is 5.46. The molecule has 138 valence electrons. The van der Waals surface area contributed by atoms with Gasteiger partial charge in [0.25, 0.3) is 5.91 Å². The molecule has 0 aromatic heterocycles. The van der Waals surface area contributed by atoms with E-state index in [1.807, 2.05) is 0 Å². The van der Waals surface area contributed by atoms with Gasteiger partial charge in [-0.25, -0.2) is 4.79 Å². The van der Waals surface area contributed by atoms with Crippen LogP contribution in [0.15, 0.2) is 30.3 Å². The van der Waals surface area contributed by atoms with Crippen molar-refractivity contribution in [3.63, 3.8) is 0 Å². The summed E-state index contributed by atoms with van der Waals surface area (Å²) in [5, 5.41) is 2.95. The maximum atomic E-state index is 12.5. The van der Waals surface area contributed by atoms with Crippen molar-refractivity contribution in [2.75, 3.05) is 33.8 Å². The summed E-state index contributed by atoms with van der Waals surface area (Å²) in [6.45, 7) is 0. The second-order valence-electron chi connectivity index (χ2n) is 5.05. The summed E-state index contributed by atoms with van der Waals surface area (Å²) >= 11 is 6.05. The van der Waals surface area contributed by atoms with E-state index in [2.05, 4.69) is 5.32 Å². The van der Waals surface area contributed by atoms with Crippen molar-refractivity contribution in [3.05, 3.63) is 46.5 Å². The molecule has 1 N–H and O–H groups in total. The third-order valence-corrected chi connectivity index (χ3v) is 3.89. The fraction of sp³-hybridized carbons (Fsp3) is 0.222. The van der Waals surface area contributed by atoms with Gasteiger partial charge in [-0.3, -0.25) is 4.79 Å². The molecule has 2 aromatic rings. The third-order valence-electron chi connectivity index (χ3n) is 3.59. The summed E-state index contributed by atoms with van der Waals surface area (Å²) in [4.78, 5) is 24.6. The predicted octanol–water partition coefficient (Wildman–Crippen LogP) is 3.40. The molecule has 0 saturated heterocycles. The Kier molecular flexibility index (Phi) is 6.30. The normalized spacial score (nSPS) is 10.0. The smallest absolute Gasteiger partial charge is 0.340 e. The monoisotopic (exact) mass is 379 g/mol. The Morgan fingerprint density at radius 1 is 0.885 bits per heavy atom. The Morgan fingerprint density at radius 2 is 1.50 bits per heavy atom. The maximum absolute atomic E-state index is 12.5. The number of methoxy groups -OCH3 is 4. The lowest BCUT2D eigenvalue weighted by atomic mass is 10.1. The average molecular weight is 380 g/mol. The quantitative estimate of drug-likeness (QED) is 0.774. The van der Waals surface area contributed by atoms with Crippen molar-refractivity contribution in [3.8, 4) is 17.2 Å². The van der Waals surface area contributed by atoms with Crippen LogP contribution in [0, 0.1) is 0 Å². The van der Waals surface area contributed by atoms with E-state index in [0.29, 0.717) is 27.8 Å². The highest BCUT2D eigenvalue weighted by atomic mass is 35.5. The molecule has 0 bridgehead atoms. The Labute approximate surface area is 155 Å². The van der Waals surface area contributed by atoms with E-state index < -0.39 is 11.9 Å². The van der Waals surface area contributed by atoms with Gasteiger partial charge in [0.1, 0.15) is 5.75 Å². The van der Waals surface area contributed by atoms with Crippen LogP contribution in [0.25, 0.3) is 0 Å². The molecule has 1 amide bonds. The molecule has 0 atom stereocenters. The van der Waals surface area contributed by atoms with Crippen molar-refractivity contribution in [2.24, 2.45) is 0 Å². The van der Waals surface area contributed by atoms with Crippen LogP contribution >= 0.6 is 11.6 Å². The minimum Gasteiger partial charge on any atom is -0.495 e. The number of carbonyl (C=O) groups is 2. The highest BCUT2D eigenvalue weighted by molar-refractivity contribution is 6.32. The van der Waals surface area contributed by atoms with Gasteiger partial charge in [-0.05, 0) is 18.2 Å². The molecule has 26 heavy (non-hydrogen) atoms. The largest absolute Gasteiger partial charge is 0.495 e. The zero-order valence-corrected chi connectivity index (χ0v) is 15.5. The number of nitrogens with one attached hydrogen (secondary N) is 1. The van der Waals surface area contributed by atoms with Gasteiger partial charge in [0, 0.05) is 17.7 Å². The molecule has 8 heteroatoms. The SMILES string of the molecule is COC(=O)c1cc(OC)c(OC)cc1NC(=O)c1ccc(OC)c(Cl)c1. The molecule has 2 rings (SSSR count). The van der Waals surface area contributed by atoms with Crippen LogP contribution in [0.4, 0.5) is 5.69 Å². The topological polar surface area (TPSA) is 83.1 Å². The molecule has 0 spiro atoms. The summed E-state index contributed by atoms with van der Waals surface area (Å²) < 4.78 is 20.2. The van der Waals surface area contributed by atoms with E-state index in [9.17, 15) is 9.59 Å². The lowest BCUT2D eigenvalue weighted by molar-refractivity contribution is 0.0601. The van der Waals surface area contributed by atoms with Crippen molar-refractivity contribution in [1.82, 2.24) is 0 Å². The fourth-order valence-electron chi connectivity index (χ4n) is 2.26. The molecule has 0 unspecified atom stereocenters. The van der Waals surface area contributed by atoms with Crippen LogP contribution in [0.1, 0.15) is 20.7 Å². The highest BCUT2D eigenvalue weighted by Crippen LogP contribution is 2.34. The van der Waals surface area contributed by atoms with Crippen molar-refractivity contribution < 1.29 is 28.5 Å². The van der Waals surface area contributed by atoms with Gasteiger partial charge < -0.3 is 24.3 Å². The van der Waals surface area contributed by atoms with E-state index in [4.69, 9.17) is 30.5 Å². The van der Waals surface area contributed by atoms with E-state index in [1.165, 1.54) is 46.6 Å². The number of halogens is 1. The molecular formula is C18H18ClNO6. The first kappa shape index (κ1) is 19.4. The van der Waals surface area contributed by atoms with Crippen LogP contribution < -0.4 is 19.5 Å². The van der Waals surface area contributed by atoms with Gasteiger partial charge in [0.05, 0.1) is 44.7 Å². The first-order valence-corrected chi connectivity index (χ1v) is 7.82. The van der Waals surface area contributed by atoms with Gasteiger partial charge in [0.15, 0.2) is 11.5 Å². The summed E-state index contributed by atoms with van der Waals surface area (Å²) in [6.07, 6.45) is 0. The van der Waals surface area contributed by atoms with E-state index >= 15 is 0 Å². The standard InChI is InChI=1S/C18H18ClNO6/c1-23-14-6-5-10(7-12(14)19)17(21)20-13-9-16(25-3)15(24-2)8-11(13)18(22)26-4/h5-9H,1-4H3,(H,20,21). The zero-order chi connectivity index (χ0) is 19.3. The summed E-state index contributed by atoms with van der Waals surface area (Å²) in [7, 11) is 5.61. The van der Waals surface area contributed by atoms with Crippen LogP contribution in [0.2, 0.25) is 5.02 Å². The number of amides is 1. The Bertz CT molecular complexity index is 837. The van der Waals surface area contributed by atoms with Gasteiger partial charge in [-0.2, -0.15) is 0 Å². The van der Waals surface area contributed by atoms with Crippen molar-refractivity contribution in [1.29, 1.82) is 0 Å². The number of ether oxygens (including phenoxy) is 4. The minimum atomic E-state index is -0.631. The molecule has 0 radical (unpaired) electrons. The molecule has 0 heterocycles. The number of anilines is 1. The summed E-state index contributed by atoms with van der Waals surface area (Å²) in [6, 6.07) is 7.51. The van der Waals surface area contributed by atoms with Crippen molar-refractivity contribution >= 4 is 29.2 Å². The lowest BCUT2D eigenvalue weighted by Crippen LogP contribution is -2.16. The number of carbonyl (C=O) groups excluding carboxylic acids is 2. The van der Waals surface area contributed by atoms with Crippen molar-refractivity contribution in [2.45, 2.75) is 0 Å². The molecule has 0 aliphatic rings. The molecule has 0 fully saturated rings.